The lowest BCUT2D eigenvalue weighted by atomic mass is 10.1. The summed E-state index contributed by atoms with van der Waals surface area (Å²) >= 11 is 0. The maximum Gasteiger partial charge on any atom is 0.129 e. The van der Waals surface area contributed by atoms with Crippen molar-refractivity contribution in [2.24, 2.45) is 0 Å². The predicted octanol–water partition coefficient (Wildman–Crippen LogP) is 2.45. The Hall–Kier alpha value is -1.51. The van der Waals surface area contributed by atoms with Crippen LogP contribution in [0.25, 0.3) is 0 Å². The summed E-state index contributed by atoms with van der Waals surface area (Å²) in [6, 6.07) is 3.80. The summed E-state index contributed by atoms with van der Waals surface area (Å²) in [7, 11) is 0. The summed E-state index contributed by atoms with van der Waals surface area (Å²) in [5.74, 6) is 0.927. The van der Waals surface area contributed by atoms with Gasteiger partial charge in [0.25, 0.3) is 0 Å². The zero-order valence-electron chi connectivity index (χ0n) is 9.70. The monoisotopic (exact) mass is 205 g/mol. The lowest BCUT2D eigenvalue weighted by Crippen LogP contribution is -2.42. The molecule has 0 saturated carbocycles. The van der Waals surface area contributed by atoms with E-state index in [0.717, 1.165) is 12.4 Å². The van der Waals surface area contributed by atoms with Gasteiger partial charge in [-0.2, -0.15) is 0 Å². The standard InChI is InChI=1S/C12H19N3/c1-5-8-15(12(2,3)4)11-7-6-10(13)9-14-11/h5-7,9H,1,8,13H2,2-4H3. The second-order valence-corrected chi connectivity index (χ2v) is 4.52. The van der Waals surface area contributed by atoms with Crippen molar-refractivity contribution >= 4 is 11.5 Å². The van der Waals surface area contributed by atoms with E-state index in [4.69, 9.17) is 5.73 Å². The molecule has 1 rings (SSSR count). The average molecular weight is 205 g/mol. The number of anilines is 2. The van der Waals surface area contributed by atoms with Crippen molar-refractivity contribution in [1.29, 1.82) is 0 Å². The van der Waals surface area contributed by atoms with Crippen LogP contribution in [0.3, 0.4) is 0 Å². The second-order valence-electron chi connectivity index (χ2n) is 4.52. The van der Waals surface area contributed by atoms with Gasteiger partial charge in [0.1, 0.15) is 5.82 Å². The summed E-state index contributed by atoms with van der Waals surface area (Å²) in [6.07, 6.45) is 3.56. The highest BCUT2D eigenvalue weighted by Gasteiger charge is 2.21. The minimum absolute atomic E-state index is 0.0251. The number of hydrogen-bond donors (Lipinski definition) is 1. The molecule has 1 aromatic rings. The van der Waals surface area contributed by atoms with E-state index in [9.17, 15) is 0 Å². The Kier molecular flexibility index (Phi) is 3.35. The van der Waals surface area contributed by atoms with Crippen LogP contribution in [0.2, 0.25) is 0 Å². The molecule has 0 saturated heterocycles. The molecule has 82 valence electrons. The third-order valence-electron chi connectivity index (χ3n) is 2.17. The fraction of sp³-hybridized carbons (Fsp3) is 0.417. The van der Waals surface area contributed by atoms with Gasteiger partial charge in [-0.3, -0.25) is 0 Å². The highest BCUT2D eigenvalue weighted by molar-refractivity contribution is 5.47. The van der Waals surface area contributed by atoms with Gasteiger partial charge in [-0.15, -0.1) is 6.58 Å². The lowest BCUT2D eigenvalue weighted by Gasteiger charge is -2.35. The Balaban J connectivity index is 2.99. The van der Waals surface area contributed by atoms with Gasteiger partial charge in [-0.1, -0.05) is 6.08 Å². The molecule has 3 heteroatoms. The fourth-order valence-corrected chi connectivity index (χ4v) is 1.40. The Morgan fingerprint density at radius 3 is 2.53 bits per heavy atom. The fourth-order valence-electron chi connectivity index (χ4n) is 1.40. The van der Waals surface area contributed by atoms with Crippen molar-refractivity contribution in [3.8, 4) is 0 Å². The van der Waals surface area contributed by atoms with E-state index in [1.165, 1.54) is 0 Å². The highest BCUT2D eigenvalue weighted by atomic mass is 15.2. The minimum atomic E-state index is 0.0251. The molecule has 0 atom stereocenters. The first kappa shape index (κ1) is 11.6. The smallest absolute Gasteiger partial charge is 0.129 e. The Morgan fingerprint density at radius 2 is 2.13 bits per heavy atom. The van der Waals surface area contributed by atoms with Crippen molar-refractivity contribution in [1.82, 2.24) is 4.98 Å². The number of nitrogens with zero attached hydrogens (tertiary/aromatic N) is 2. The highest BCUT2D eigenvalue weighted by Crippen LogP contribution is 2.21. The summed E-state index contributed by atoms with van der Waals surface area (Å²) < 4.78 is 0. The molecule has 0 bridgehead atoms. The third kappa shape index (κ3) is 2.98. The molecule has 0 amide bonds. The van der Waals surface area contributed by atoms with Crippen LogP contribution >= 0.6 is 0 Å². The Labute approximate surface area is 91.6 Å². The van der Waals surface area contributed by atoms with Gasteiger partial charge in [0.05, 0.1) is 11.9 Å². The Bertz CT molecular complexity index is 322. The molecule has 0 fully saturated rings. The molecule has 0 aliphatic rings. The largest absolute Gasteiger partial charge is 0.397 e. The van der Waals surface area contributed by atoms with E-state index in [1.54, 1.807) is 6.20 Å². The van der Waals surface area contributed by atoms with Crippen molar-refractivity contribution in [2.45, 2.75) is 26.3 Å². The first-order chi connectivity index (χ1) is 6.95. The number of hydrogen-bond acceptors (Lipinski definition) is 3. The van der Waals surface area contributed by atoms with Crippen molar-refractivity contribution < 1.29 is 0 Å². The summed E-state index contributed by atoms with van der Waals surface area (Å²) in [4.78, 5) is 6.50. The van der Waals surface area contributed by atoms with Gasteiger partial charge in [-0.25, -0.2) is 4.98 Å². The topological polar surface area (TPSA) is 42.1 Å². The molecule has 0 spiro atoms. The van der Waals surface area contributed by atoms with Gasteiger partial charge >= 0.3 is 0 Å². The molecule has 0 aliphatic carbocycles. The number of nitrogen functional groups attached to an aromatic ring is 1. The predicted molar refractivity (Wildman–Crippen MR) is 65.9 cm³/mol. The maximum atomic E-state index is 5.61. The summed E-state index contributed by atoms with van der Waals surface area (Å²) in [5.41, 5.74) is 6.32. The maximum absolute atomic E-state index is 5.61. The first-order valence-corrected chi connectivity index (χ1v) is 5.05. The molecule has 0 unspecified atom stereocenters. The zero-order valence-corrected chi connectivity index (χ0v) is 9.70. The number of aromatic nitrogens is 1. The van der Waals surface area contributed by atoms with Crippen LogP contribution in [0, 0.1) is 0 Å². The van der Waals surface area contributed by atoms with Gasteiger partial charge in [0.15, 0.2) is 0 Å². The molecule has 1 aromatic heterocycles. The molecule has 1 heterocycles. The van der Waals surface area contributed by atoms with Crippen molar-refractivity contribution in [3.63, 3.8) is 0 Å². The molecule has 3 nitrogen and oxygen atoms in total. The normalized spacial score (nSPS) is 11.1. The zero-order chi connectivity index (χ0) is 11.5. The third-order valence-corrected chi connectivity index (χ3v) is 2.17. The first-order valence-electron chi connectivity index (χ1n) is 5.05. The van der Waals surface area contributed by atoms with E-state index in [0.29, 0.717) is 5.69 Å². The van der Waals surface area contributed by atoms with Crippen molar-refractivity contribution in [2.75, 3.05) is 17.2 Å². The molecule has 0 radical (unpaired) electrons. The van der Waals surface area contributed by atoms with Crippen LogP contribution in [-0.4, -0.2) is 17.1 Å². The lowest BCUT2D eigenvalue weighted by molar-refractivity contribution is 0.517. The van der Waals surface area contributed by atoms with Crippen LogP contribution in [0.4, 0.5) is 11.5 Å². The molecular weight excluding hydrogens is 186 g/mol. The summed E-state index contributed by atoms with van der Waals surface area (Å²) in [5, 5.41) is 0. The molecule has 0 aliphatic heterocycles. The van der Waals surface area contributed by atoms with E-state index >= 15 is 0 Å². The van der Waals surface area contributed by atoms with Gasteiger partial charge in [0, 0.05) is 12.1 Å². The number of nitrogens with two attached hydrogens (primary N) is 1. The number of pyridine rings is 1. The second kappa shape index (κ2) is 4.34. The number of rotatable bonds is 3. The summed E-state index contributed by atoms with van der Waals surface area (Å²) in [6.45, 7) is 11.0. The quantitative estimate of drug-likeness (QED) is 0.771. The van der Waals surface area contributed by atoms with Crippen LogP contribution in [0.5, 0.6) is 0 Å². The van der Waals surface area contributed by atoms with Crippen LogP contribution in [0.15, 0.2) is 31.0 Å². The molecular formula is C12H19N3. The molecule has 0 aromatic carbocycles. The van der Waals surface area contributed by atoms with E-state index in [1.807, 2.05) is 18.2 Å². The Morgan fingerprint density at radius 1 is 1.47 bits per heavy atom. The molecule has 2 N–H and O–H groups in total. The van der Waals surface area contributed by atoms with Gasteiger partial charge < -0.3 is 10.6 Å². The minimum Gasteiger partial charge on any atom is -0.397 e. The van der Waals surface area contributed by atoms with Crippen LogP contribution in [0.1, 0.15) is 20.8 Å². The van der Waals surface area contributed by atoms with E-state index in [-0.39, 0.29) is 5.54 Å². The van der Waals surface area contributed by atoms with Crippen molar-refractivity contribution in [3.05, 3.63) is 31.0 Å². The van der Waals surface area contributed by atoms with Gasteiger partial charge in [0.2, 0.25) is 0 Å². The van der Waals surface area contributed by atoms with E-state index in [2.05, 4.69) is 37.2 Å². The van der Waals surface area contributed by atoms with E-state index < -0.39 is 0 Å². The van der Waals surface area contributed by atoms with Gasteiger partial charge in [-0.05, 0) is 32.9 Å². The SMILES string of the molecule is C=CCN(c1ccc(N)cn1)C(C)(C)C. The van der Waals surface area contributed by atoms with Crippen LogP contribution < -0.4 is 10.6 Å². The molecule has 15 heavy (non-hydrogen) atoms. The van der Waals surface area contributed by atoms with Crippen LogP contribution in [-0.2, 0) is 0 Å². The average Bonchev–Trinajstić information content (AvgIpc) is 2.14.